The highest BCUT2D eigenvalue weighted by molar-refractivity contribution is 7.87. The molecule has 0 aliphatic rings. The van der Waals surface area contributed by atoms with Crippen LogP contribution in [0.1, 0.15) is 20.3 Å². The first-order chi connectivity index (χ1) is 4.87. The van der Waals surface area contributed by atoms with Crippen molar-refractivity contribution >= 4 is 10.2 Å². The Hall–Kier alpha value is -0.170. The standard InChI is InChI=1S/C5H14N2O3S/c1-3-5(8)4(2)7-11(6,9)10/h4-5,7-8H,3H2,1-2H3,(H2,6,9,10). The van der Waals surface area contributed by atoms with Crippen molar-refractivity contribution in [1.82, 2.24) is 4.72 Å². The minimum Gasteiger partial charge on any atom is -0.391 e. The van der Waals surface area contributed by atoms with E-state index < -0.39 is 22.4 Å². The number of hydrogen-bond acceptors (Lipinski definition) is 3. The molecule has 0 aliphatic heterocycles. The van der Waals surface area contributed by atoms with Gasteiger partial charge in [0.15, 0.2) is 0 Å². The van der Waals surface area contributed by atoms with Crippen molar-refractivity contribution in [1.29, 1.82) is 0 Å². The van der Waals surface area contributed by atoms with Crippen LogP contribution in [0, 0.1) is 0 Å². The highest BCUT2D eigenvalue weighted by Gasteiger charge is 2.15. The van der Waals surface area contributed by atoms with Crippen molar-refractivity contribution in [3.8, 4) is 0 Å². The van der Waals surface area contributed by atoms with Gasteiger partial charge in [-0.3, -0.25) is 0 Å². The molecule has 2 unspecified atom stereocenters. The fourth-order valence-electron chi connectivity index (χ4n) is 0.691. The molecule has 0 fully saturated rings. The highest BCUT2D eigenvalue weighted by Crippen LogP contribution is 1.97. The van der Waals surface area contributed by atoms with Crippen molar-refractivity contribution in [3.63, 3.8) is 0 Å². The largest absolute Gasteiger partial charge is 0.391 e. The van der Waals surface area contributed by atoms with Crippen LogP contribution in [0.25, 0.3) is 0 Å². The molecule has 0 radical (unpaired) electrons. The minimum atomic E-state index is -3.69. The maximum absolute atomic E-state index is 10.4. The van der Waals surface area contributed by atoms with E-state index in [2.05, 4.69) is 9.86 Å². The van der Waals surface area contributed by atoms with E-state index in [-0.39, 0.29) is 0 Å². The third kappa shape index (κ3) is 5.14. The molecule has 2 atom stereocenters. The second kappa shape index (κ2) is 4.01. The number of aliphatic hydroxyl groups is 1. The van der Waals surface area contributed by atoms with Gasteiger partial charge in [0.1, 0.15) is 0 Å². The van der Waals surface area contributed by atoms with E-state index in [1.165, 1.54) is 0 Å². The first kappa shape index (κ1) is 10.8. The summed E-state index contributed by atoms with van der Waals surface area (Å²) >= 11 is 0. The zero-order chi connectivity index (χ0) is 9.07. The molecule has 0 aromatic carbocycles. The van der Waals surface area contributed by atoms with Crippen LogP contribution < -0.4 is 9.86 Å². The number of rotatable bonds is 4. The van der Waals surface area contributed by atoms with Gasteiger partial charge in [-0.1, -0.05) is 6.92 Å². The monoisotopic (exact) mass is 182 g/mol. The molecule has 0 rings (SSSR count). The van der Waals surface area contributed by atoms with Crippen LogP contribution in [0.2, 0.25) is 0 Å². The number of nitrogens with two attached hydrogens (primary N) is 1. The van der Waals surface area contributed by atoms with Gasteiger partial charge < -0.3 is 5.11 Å². The van der Waals surface area contributed by atoms with Crippen molar-refractivity contribution in [3.05, 3.63) is 0 Å². The van der Waals surface area contributed by atoms with Gasteiger partial charge in [-0.05, 0) is 13.3 Å². The fraction of sp³-hybridized carbons (Fsp3) is 1.00. The van der Waals surface area contributed by atoms with Crippen LogP contribution in [-0.4, -0.2) is 25.7 Å². The molecule has 0 heterocycles. The lowest BCUT2D eigenvalue weighted by molar-refractivity contribution is 0.140. The molecule has 5 nitrogen and oxygen atoms in total. The SMILES string of the molecule is CCC(O)C(C)NS(N)(=O)=O. The van der Waals surface area contributed by atoms with Crippen molar-refractivity contribution in [2.24, 2.45) is 5.14 Å². The van der Waals surface area contributed by atoms with Crippen molar-refractivity contribution in [2.45, 2.75) is 32.4 Å². The van der Waals surface area contributed by atoms with Gasteiger partial charge >= 0.3 is 0 Å². The molecule has 0 aliphatic carbocycles. The van der Waals surface area contributed by atoms with Crippen molar-refractivity contribution < 1.29 is 13.5 Å². The summed E-state index contributed by atoms with van der Waals surface area (Å²) < 4.78 is 22.9. The van der Waals surface area contributed by atoms with E-state index in [0.717, 1.165) is 0 Å². The molecular formula is C5H14N2O3S. The minimum absolute atomic E-state index is 0.490. The highest BCUT2D eigenvalue weighted by atomic mass is 32.2. The molecule has 0 aromatic heterocycles. The second-order valence-corrected chi connectivity index (χ2v) is 3.75. The third-order valence-electron chi connectivity index (χ3n) is 1.35. The number of hydrogen-bond donors (Lipinski definition) is 3. The average Bonchev–Trinajstić information content (AvgIpc) is 1.82. The molecular weight excluding hydrogens is 168 g/mol. The zero-order valence-electron chi connectivity index (χ0n) is 6.61. The smallest absolute Gasteiger partial charge is 0.274 e. The van der Waals surface area contributed by atoms with Gasteiger partial charge in [0.05, 0.1) is 6.10 Å². The van der Waals surface area contributed by atoms with Gasteiger partial charge in [0.2, 0.25) is 0 Å². The summed E-state index contributed by atoms with van der Waals surface area (Å²) in [7, 11) is -3.69. The Bertz CT molecular complexity index is 202. The Kier molecular flexibility index (Phi) is 3.95. The second-order valence-electron chi connectivity index (χ2n) is 2.43. The molecule has 0 spiro atoms. The molecule has 68 valence electrons. The van der Waals surface area contributed by atoms with Crippen LogP contribution in [0.4, 0.5) is 0 Å². The quantitative estimate of drug-likeness (QED) is 0.517. The van der Waals surface area contributed by atoms with E-state index in [1.54, 1.807) is 13.8 Å². The van der Waals surface area contributed by atoms with Crippen LogP contribution in [0.5, 0.6) is 0 Å². The van der Waals surface area contributed by atoms with E-state index >= 15 is 0 Å². The first-order valence-corrected chi connectivity index (χ1v) is 4.89. The van der Waals surface area contributed by atoms with Gasteiger partial charge in [-0.2, -0.15) is 13.1 Å². The Labute approximate surface area is 66.8 Å². The van der Waals surface area contributed by atoms with E-state index in [1.807, 2.05) is 0 Å². The Morgan fingerprint density at radius 3 is 2.36 bits per heavy atom. The van der Waals surface area contributed by atoms with Crippen molar-refractivity contribution in [2.75, 3.05) is 0 Å². The van der Waals surface area contributed by atoms with Gasteiger partial charge in [-0.15, -0.1) is 0 Å². The normalized spacial score (nSPS) is 17.8. The first-order valence-electron chi connectivity index (χ1n) is 3.35. The maximum Gasteiger partial charge on any atom is 0.274 e. The molecule has 0 aromatic rings. The van der Waals surface area contributed by atoms with Crippen LogP contribution in [-0.2, 0) is 10.2 Å². The fourth-order valence-corrected chi connectivity index (χ4v) is 1.37. The Morgan fingerprint density at radius 1 is 1.64 bits per heavy atom. The molecule has 0 saturated heterocycles. The Balaban J connectivity index is 3.98. The summed E-state index contributed by atoms with van der Waals surface area (Å²) in [5.41, 5.74) is 0. The maximum atomic E-state index is 10.4. The molecule has 0 bridgehead atoms. The zero-order valence-corrected chi connectivity index (χ0v) is 7.43. The topological polar surface area (TPSA) is 92.4 Å². The van der Waals surface area contributed by atoms with Gasteiger partial charge in [0.25, 0.3) is 10.2 Å². The lowest BCUT2D eigenvalue weighted by atomic mass is 10.1. The molecule has 11 heavy (non-hydrogen) atoms. The summed E-state index contributed by atoms with van der Waals surface area (Å²) in [6.07, 6.45) is -0.197. The van der Waals surface area contributed by atoms with Gasteiger partial charge in [0, 0.05) is 6.04 Å². The average molecular weight is 182 g/mol. The number of nitrogens with one attached hydrogen (secondary N) is 1. The Morgan fingerprint density at radius 2 is 2.09 bits per heavy atom. The predicted molar refractivity (Wildman–Crippen MR) is 42.0 cm³/mol. The van der Waals surface area contributed by atoms with Gasteiger partial charge in [-0.25, -0.2) is 5.14 Å². The van der Waals surface area contributed by atoms with E-state index in [4.69, 9.17) is 5.11 Å². The van der Waals surface area contributed by atoms with Crippen LogP contribution >= 0.6 is 0 Å². The summed E-state index contributed by atoms with van der Waals surface area (Å²) in [4.78, 5) is 0. The molecule has 0 amide bonds. The number of aliphatic hydroxyl groups excluding tert-OH is 1. The third-order valence-corrected chi connectivity index (χ3v) is 2.05. The summed E-state index contributed by atoms with van der Waals surface area (Å²) in [5, 5.41) is 13.8. The van der Waals surface area contributed by atoms with Crippen LogP contribution in [0.3, 0.4) is 0 Å². The summed E-state index contributed by atoms with van der Waals surface area (Å²) in [6.45, 7) is 3.31. The summed E-state index contributed by atoms with van der Waals surface area (Å²) in [6, 6.07) is -0.532. The molecule has 0 saturated carbocycles. The van der Waals surface area contributed by atoms with E-state index in [0.29, 0.717) is 6.42 Å². The summed E-state index contributed by atoms with van der Waals surface area (Å²) in [5.74, 6) is 0. The lowest BCUT2D eigenvalue weighted by Gasteiger charge is -2.16. The van der Waals surface area contributed by atoms with E-state index in [9.17, 15) is 8.42 Å². The van der Waals surface area contributed by atoms with Crippen LogP contribution in [0.15, 0.2) is 0 Å². The predicted octanol–water partition coefficient (Wildman–Crippen LogP) is -1.06. The lowest BCUT2D eigenvalue weighted by Crippen LogP contribution is -2.43. The molecule has 4 N–H and O–H groups in total. The molecule has 6 heteroatoms.